The van der Waals surface area contributed by atoms with Gasteiger partial charge in [-0.3, -0.25) is 9.78 Å². The third kappa shape index (κ3) is 1.87. The Kier molecular flexibility index (Phi) is 2.36. The summed E-state index contributed by atoms with van der Waals surface area (Å²) in [5, 5.41) is 8.68. The molecule has 3 nitrogen and oxygen atoms in total. The van der Waals surface area contributed by atoms with Crippen LogP contribution in [0.25, 0.3) is 0 Å². The molecule has 0 aliphatic heterocycles. The van der Waals surface area contributed by atoms with E-state index in [2.05, 4.69) is 4.98 Å². The molecule has 86 valence electrons. The first-order chi connectivity index (χ1) is 7.41. The summed E-state index contributed by atoms with van der Waals surface area (Å²) in [7, 11) is 0. The molecule has 0 radical (unpaired) electrons. The van der Waals surface area contributed by atoms with Gasteiger partial charge in [-0.25, -0.2) is 0 Å². The minimum absolute atomic E-state index is 0.0117. The first-order valence-corrected chi connectivity index (χ1v) is 4.65. The lowest BCUT2D eigenvalue weighted by Gasteiger charge is -2.11. The molecule has 0 aromatic carbocycles. The van der Waals surface area contributed by atoms with Crippen molar-refractivity contribution in [1.29, 1.82) is 0 Å². The number of halogens is 3. The van der Waals surface area contributed by atoms with E-state index in [0.717, 1.165) is 18.5 Å². The number of aromatic nitrogens is 1. The normalized spacial score (nSPS) is 24.2. The molecular weight excluding hydrogens is 223 g/mol. The van der Waals surface area contributed by atoms with Crippen molar-refractivity contribution in [2.75, 3.05) is 0 Å². The molecule has 6 heteroatoms. The van der Waals surface area contributed by atoms with Crippen LogP contribution in [0, 0.1) is 5.92 Å². The number of nitrogens with zero attached hydrogens (tertiary/aromatic N) is 1. The van der Waals surface area contributed by atoms with Crippen LogP contribution in [0.15, 0.2) is 18.5 Å². The van der Waals surface area contributed by atoms with Gasteiger partial charge in [0.25, 0.3) is 0 Å². The van der Waals surface area contributed by atoms with Crippen LogP contribution in [0.4, 0.5) is 13.2 Å². The van der Waals surface area contributed by atoms with E-state index in [-0.39, 0.29) is 12.0 Å². The van der Waals surface area contributed by atoms with Gasteiger partial charge in [0, 0.05) is 18.3 Å². The van der Waals surface area contributed by atoms with E-state index in [4.69, 9.17) is 5.11 Å². The van der Waals surface area contributed by atoms with E-state index in [1.807, 2.05) is 0 Å². The molecular formula is C10H8F3NO2. The Bertz CT molecular complexity index is 430. The standard InChI is InChI=1S/C10H8F3NO2/c11-10(12,13)8-1-2-14-4-7(8)5-3-6(5)9(15)16/h1-2,4-6H,3H2,(H,15,16)/t5-,6-/m1/s1. The van der Waals surface area contributed by atoms with Crippen molar-refractivity contribution in [1.82, 2.24) is 4.98 Å². The van der Waals surface area contributed by atoms with Crippen LogP contribution in [0.1, 0.15) is 23.5 Å². The van der Waals surface area contributed by atoms with Gasteiger partial charge in [0.05, 0.1) is 11.5 Å². The van der Waals surface area contributed by atoms with Gasteiger partial charge < -0.3 is 5.11 Å². The van der Waals surface area contributed by atoms with Gasteiger partial charge in [0.15, 0.2) is 0 Å². The van der Waals surface area contributed by atoms with E-state index in [1.54, 1.807) is 0 Å². The maximum Gasteiger partial charge on any atom is 0.416 e. The van der Waals surface area contributed by atoms with Crippen molar-refractivity contribution in [3.05, 3.63) is 29.6 Å². The number of carbonyl (C=O) groups is 1. The monoisotopic (exact) mass is 231 g/mol. The maximum absolute atomic E-state index is 12.6. The van der Waals surface area contributed by atoms with Crippen molar-refractivity contribution in [3.8, 4) is 0 Å². The molecule has 1 N–H and O–H groups in total. The number of pyridine rings is 1. The average molecular weight is 231 g/mol. The average Bonchev–Trinajstić information content (AvgIpc) is 2.95. The number of carboxylic acid groups (broad SMARTS) is 1. The summed E-state index contributed by atoms with van der Waals surface area (Å²) < 4.78 is 37.8. The topological polar surface area (TPSA) is 50.2 Å². The number of carboxylic acids is 1. The molecule has 1 heterocycles. The Hall–Kier alpha value is -1.59. The van der Waals surface area contributed by atoms with Gasteiger partial charge in [-0.2, -0.15) is 13.2 Å². The van der Waals surface area contributed by atoms with Gasteiger partial charge in [0.2, 0.25) is 0 Å². The quantitative estimate of drug-likeness (QED) is 0.849. The summed E-state index contributed by atoms with van der Waals surface area (Å²) in [6.07, 6.45) is -2.03. The largest absolute Gasteiger partial charge is 0.481 e. The van der Waals surface area contributed by atoms with E-state index in [0.29, 0.717) is 0 Å². The highest BCUT2D eigenvalue weighted by molar-refractivity contribution is 5.75. The molecule has 0 bridgehead atoms. The van der Waals surface area contributed by atoms with Crippen molar-refractivity contribution < 1.29 is 23.1 Å². The molecule has 2 rings (SSSR count). The van der Waals surface area contributed by atoms with Crippen LogP contribution < -0.4 is 0 Å². The summed E-state index contributed by atoms with van der Waals surface area (Å²) in [5.74, 6) is -2.31. The fourth-order valence-corrected chi connectivity index (χ4v) is 1.77. The summed E-state index contributed by atoms with van der Waals surface area (Å²) >= 11 is 0. The van der Waals surface area contributed by atoms with E-state index in [9.17, 15) is 18.0 Å². The molecule has 0 saturated heterocycles. The molecule has 1 aliphatic carbocycles. The minimum atomic E-state index is -4.45. The van der Waals surface area contributed by atoms with Crippen LogP contribution in [-0.2, 0) is 11.0 Å². The SMILES string of the molecule is O=C(O)[C@@H]1C[C@H]1c1cnccc1C(F)(F)F. The van der Waals surface area contributed by atoms with Crippen LogP contribution in [0.3, 0.4) is 0 Å². The summed E-state index contributed by atoms with van der Waals surface area (Å²) in [4.78, 5) is 14.2. The minimum Gasteiger partial charge on any atom is -0.481 e. The molecule has 0 amide bonds. The van der Waals surface area contributed by atoms with E-state index in [1.165, 1.54) is 0 Å². The lowest BCUT2D eigenvalue weighted by molar-refractivity contribution is -0.140. The zero-order chi connectivity index (χ0) is 11.9. The number of alkyl halides is 3. The van der Waals surface area contributed by atoms with Crippen LogP contribution >= 0.6 is 0 Å². The molecule has 1 saturated carbocycles. The number of hydrogen-bond donors (Lipinski definition) is 1. The first kappa shape index (κ1) is 10.9. The molecule has 16 heavy (non-hydrogen) atoms. The zero-order valence-corrected chi connectivity index (χ0v) is 8.03. The highest BCUT2D eigenvalue weighted by Gasteiger charge is 2.48. The third-order valence-electron chi connectivity index (χ3n) is 2.66. The number of hydrogen-bond acceptors (Lipinski definition) is 2. The lowest BCUT2D eigenvalue weighted by atomic mass is 10.0. The Morgan fingerprint density at radius 3 is 2.69 bits per heavy atom. The van der Waals surface area contributed by atoms with Gasteiger partial charge in [0.1, 0.15) is 0 Å². The second-order valence-corrected chi connectivity index (χ2v) is 3.75. The van der Waals surface area contributed by atoms with Crippen molar-refractivity contribution >= 4 is 5.97 Å². The number of aliphatic carboxylic acids is 1. The lowest BCUT2D eigenvalue weighted by Crippen LogP contribution is -2.10. The highest BCUT2D eigenvalue weighted by Crippen LogP contribution is 2.50. The molecule has 1 aliphatic rings. The van der Waals surface area contributed by atoms with Crippen LogP contribution in [0.5, 0.6) is 0 Å². The first-order valence-electron chi connectivity index (χ1n) is 4.65. The number of rotatable bonds is 2. The molecule has 2 atom stereocenters. The van der Waals surface area contributed by atoms with Crippen LogP contribution in [-0.4, -0.2) is 16.1 Å². The summed E-state index contributed by atoms with van der Waals surface area (Å²) in [6, 6.07) is 0.882. The van der Waals surface area contributed by atoms with Gasteiger partial charge in [-0.15, -0.1) is 0 Å². The van der Waals surface area contributed by atoms with Gasteiger partial charge >= 0.3 is 12.1 Å². The predicted molar refractivity (Wildman–Crippen MR) is 47.7 cm³/mol. The maximum atomic E-state index is 12.6. The smallest absolute Gasteiger partial charge is 0.416 e. The third-order valence-corrected chi connectivity index (χ3v) is 2.66. The van der Waals surface area contributed by atoms with Gasteiger partial charge in [-0.1, -0.05) is 0 Å². The predicted octanol–water partition coefficient (Wildman–Crippen LogP) is 2.29. The van der Waals surface area contributed by atoms with Crippen LogP contribution in [0.2, 0.25) is 0 Å². The summed E-state index contributed by atoms with van der Waals surface area (Å²) in [5.41, 5.74) is -0.793. The molecule has 1 fully saturated rings. The zero-order valence-electron chi connectivity index (χ0n) is 8.03. The van der Waals surface area contributed by atoms with Crippen molar-refractivity contribution in [2.45, 2.75) is 18.5 Å². The Morgan fingerprint density at radius 2 is 2.19 bits per heavy atom. The fourth-order valence-electron chi connectivity index (χ4n) is 1.77. The molecule has 0 unspecified atom stereocenters. The van der Waals surface area contributed by atoms with Crippen molar-refractivity contribution in [3.63, 3.8) is 0 Å². The fraction of sp³-hybridized carbons (Fsp3) is 0.400. The Labute approximate surface area is 88.9 Å². The van der Waals surface area contributed by atoms with E-state index >= 15 is 0 Å². The van der Waals surface area contributed by atoms with Crippen molar-refractivity contribution in [2.24, 2.45) is 5.92 Å². The van der Waals surface area contributed by atoms with E-state index < -0.39 is 29.5 Å². The Balaban J connectivity index is 2.33. The molecule has 0 spiro atoms. The summed E-state index contributed by atoms with van der Waals surface area (Å²) in [6.45, 7) is 0. The second kappa shape index (κ2) is 3.47. The highest BCUT2D eigenvalue weighted by atomic mass is 19.4. The van der Waals surface area contributed by atoms with Gasteiger partial charge in [-0.05, 0) is 18.1 Å². The second-order valence-electron chi connectivity index (χ2n) is 3.75. The Morgan fingerprint density at radius 1 is 1.50 bits per heavy atom. The molecule has 1 aromatic heterocycles. The molecule has 1 aromatic rings.